The molecule has 1 aromatic rings. The molecule has 2 nitrogen and oxygen atoms in total. The Morgan fingerprint density at radius 2 is 2.00 bits per heavy atom. The van der Waals surface area contributed by atoms with Crippen LogP contribution in [-0.4, -0.2) is 14.1 Å². The minimum atomic E-state index is 0.0613. The summed E-state index contributed by atoms with van der Waals surface area (Å²) in [5, 5.41) is 10.8. The first-order valence-electron chi connectivity index (χ1n) is 3.14. The van der Waals surface area contributed by atoms with Crippen molar-refractivity contribution in [3.05, 3.63) is 24.3 Å². The zero-order chi connectivity index (χ0) is 7.56. The SMILES string of the molecule is CN(C)c1cccc([O-])c1. The molecule has 0 saturated carbocycles. The Kier molecular flexibility index (Phi) is 1.81. The second kappa shape index (κ2) is 2.60. The summed E-state index contributed by atoms with van der Waals surface area (Å²) in [5.74, 6) is 0.0613. The molecule has 0 radical (unpaired) electrons. The molecule has 0 unspecified atom stereocenters. The Bertz CT molecular complexity index is 220. The average molecular weight is 136 g/mol. The summed E-state index contributed by atoms with van der Waals surface area (Å²) in [4.78, 5) is 1.90. The van der Waals surface area contributed by atoms with Crippen molar-refractivity contribution < 1.29 is 5.11 Å². The summed E-state index contributed by atoms with van der Waals surface area (Å²) in [7, 11) is 3.82. The van der Waals surface area contributed by atoms with E-state index in [1.54, 1.807) is 18.2 Å². The fourth-order valence-electron chi connectivity index (χ4n) is 0.762. The van der Waals surface area contributed by atoms with Crippen molar-refractivity contribution in [3.63, 3.8) is 0 Å². The molecule has 0 bridgehead atoms. The lowest BCUT2D eigenvalue weighted by Gasteiger charge is -2.14. The Labute approximate surface area is 60.7 Å². The van der Waals surface area contributed by atoms with Crippen LogP contribution in [0.4, 0.5) is 5.69 Å². The highest BCUT2D eigenvalue weighted by molar-refractivity contribution is 5.48. The molecule has 10 heavy (non-hydrogen) atoms. The van der Waals surface area contributed by atoms with Crippen LogP contribution >= 0.6 is 0 Å². The Morgan fingerprint density at radius 1 is 1.30 bits per heavy atom. The molecule has 2 heteroatoms. The van der Waals surface area contributed by atoms with Crippen LogP contribution in [0.2, 0.25) is 0 Å². The first-order chi connectivity index (χ1) is 4.70. The van der Waals surface area contributed by atoms with Gasteiger partial charge in [-0.2, -0.15) is 0 Å². The summed E-state index contributed by atoms with van der Waals surface area (Å²) in [6.45, 7) is 0. The second-order valence-corrected chi connectivity index (χ2v) is 2.39. The normalized spacial score (nSPS) is 9.40. The quantitative estimate of drug-likeness (QED) is 0.571. The van der Waals surface area contributed by atoms with Crippen molar-refractivity contribution in [1.29, 1.82) is 0 Å². The number of hydrogen-bond donors (Lipinski definition) is 0. The highest BCUT2D eigenvalue weighted by atomic mass is 16.3. The molecule has 0 atom stereocenters. The Balaban J connectivity index is 2.96. The van der Waals surface area contributed by atoms with Crippen LogP contribution in [0, 0.1) is 0 Å². The van der Waals surface area contributed by atoms with Gasteiger partial charge in [0.2, 0.25) is 0 Å². The van der Waals surface area contributed by atoms with E-state index in [0.29, 0.717) is 0 Å². The van der Waals surface area contributed by atoms with Crippen molar-refractivity contribution in [1.82, 2.24) is 0 Å². The van der Waals surface area contributed by atoms with Crippen molar-refractivity contribution in [3.8, 4) is 5.75 Å². The van der Waals surface area contributed by atoms with Crippen molar-refractivity contribution >= 4 is 5.69 Å². The summed E-state index contributed by atoms with van der Waals surface area (Å²) in [6, 6.07) is 6.83. The maximum absolute atomic E-state index is 10.8. The summed E-state index contributed by atoms with van der Waals surface area (Å²) < 4.78 is 0. The van der Waals surface area contributed by atoms with Gasteiger partial charge < -0.3 is 10.0 Å². The first-order valence-corrected chi connectivity index (χ1v) is 3.14. The minimum absolute atomic E-state index is 0.0613. The van der Waals surface area contributed by atoms with Crippen LogP contribution in [0.5, 0.6) is 5.75 Å². The van der Waals surface area contributed by atoms with Gasteiger partial charge in [-0.25, -0.2) is 0 Å². The molecule has 54 valence electrons. The van der Waals surface area contributed by atoms with Crippen LogP contribution in [0.15, 0.2) is 24.3 Å². The molecule has 0 aliphatic heterocycles. The van der Waals surface area contributed by atoms with E-state index in [0.717, 1.165) is 5.69 Å². The zero-order valence-electron chi connectivity index (χ0n) is 6.16. The molecule has 0 heterocycles. The highest BCUT2D eigenvalue weighted by Gasteiger charge is 1.89. The third-order valence-electron chi connectivity index (χ3n) is 1.33. The lowest BCUT2D eigenvalue weighted by molar-refractivity contribution is -0.268. The zero-order valence-corrected chi connectivity index (χ0v) is 6.16. The molecule has 0 amide bonds. The van der Waals surface area contributed by atoms with Crippen LogP contribution < -0.4 is 10.0 Å². The summed E-state index contributed by atoms with van der Waals surface area (Å²) in [6.07, 6.45) is 0. The number of anilines is 1. The number of benzene rings is 1. The van der Waals surface area contributed by atoms with Crippen LogP contribution in [0.25, 0.3) is 0 Å². The monoisotopic (exact) mass is 136 g/mol. The van der Waals surface area contributed by atoms with Gasteiger partial charge in [0, 0.05) is 19.8 Å². The van der Waals surface area contributed by atoms with Gasteiger partial charge in [-0.1, -0.05) is 12.1 Å². The molecule has 0 aromatic heterocycles. The number of rotatable bonds is 1. The molecule has 0 N–H and O–H groups in total. The molecule has 1 aromatic carbocycles. The van der Waals surface area contributed by atoms with Gasteiger partial charge in [-0.3, -0.25) is 0 Å². The van der Waals surface area contributed by atoms with E-state index in [1.165, 1.54) is 0 Å². The van der Waals surface area contributed by atoms with Crippen LogP contribution in [0.3, 0.4) is 0 Å². The van der Waals surface area contributed by atoms with Gasteiger partial charge in [0.1, 0.15) is 0 Å². The molecule has 0 saturated heterocycles. The third kappa shape index (κ3) is 1.41. The fraction of sp³-hybridized carbons (Fsp3) is 0.250. The lowest BCUT2D eigenvalue weighted by Crippen LogP contribution is -2.08. The highest BCUT2D eigenvalue weighted by Crippen LogP contribution is 2.14. The van der Waals surface area contributed by atoms with Crippen molar-refractivity contribution in [2.45, 2.75) is 0 Å². The molecule has 0 fully saturated rings. The van der Waals surface area contributed by atoms with Gasteiger partial charge in [-0.15, -0.1) is 5.75 Å². The fourth-order valence-corrected chi connectivity index (χ4v) is 0.762. The van der Waals surface area contributed by atoms with E-state index in [4.69, 9.17) is 0 Å². The second-order valence-electron chi connectivity index (χ2n) is 2.39. The number of nitrogens with zero attached hydrogens (tertiary/aromatic N) is 1. The maximum Gasteiger partial charge on any atom is 0.0354 e. The predicted molar refractivity (Wildman–Crippen MR) is 40.2 cm³/mol. The molecule has 0 spiro atoms. The van der Waals surface area contributed by atoms with Gasteiger partial charge in [0.05, 0.1) is 0 Å². The van der Waals surface area contributed by atoms with E-state index in [1.807, 2.05) is 25.1 Å². The molecule has 1 rings (SSSR count). The summed E-state index contributed by atoms with van der Waals surface area (Å²) >= 11 is 0. The smallest absolute Gasteiger partial charge is 0.0354 e. The molecule has 0 aliphatic carbocycles. The Morgan fingerprint density at radius 3 is 2.40 bits per heavy atom. The van der Waals surface area contributed by atoms with Gasteiger partial charge in [-0.05, 0) is 12.1 Å². The molecular formula is C8H10NO-. The predicted octanol–water partition coefficient (Wildman–Crippen LogP) is 0.826. The largest absolute Gasteiger partial charge is 0.872 e. The number of hydrogen-bond acceptors (Lipinski definition) is 2. The van der Waals surface area contributed by atoms with Gasteiger partial charge in [0.15, 0.2) is 0 Å². The van der Waals surface area contributed by atoms with Crippen molar-refractivity contribution in [2.24, 2.45) is 0 Å². The van der Waals surface area contributed by atoms with E-state index >= 15 is 0 Å². The van der Waals surface area contributed by atoms with Crippen molar-refractivity contribution in [2.75, 3.05) is 19.0 Å². The standard InChI is InChI=1S/C8H11NO/c1-9(2)7-4-3-5-8(10)6-7/h3-6,10H,1-2H3/p-1. The summed E-state index contributed by atoms with van der Waals surface area (Å²) in [5.41, 5.74) is 0.951. The molecular weight excluding hydrogens is 126 g/mol. The van der Waals surface area contributed by atoms with E-state index < -0.39 is 0 Å². The van der Waals surface area contributed by atoms with E-state index in [2.05, 4.69) is 0 Å². The topological polar surface area (TPSA) is 26.3 Å². The first kappa shape index (κ1) is 6.93. The maximum atomic E-state index is 10.8. The molecule has 0 aliphatic rings. The lowest BCUT2D eigenvalue weighted by atomic mass is 10.3. The van der Waals surface area contributed by atoms with E-state index in [9.17, 15) is 5.11 Å². The van der Waals surface area contributed by atoms with Crippen LogP contribution in [-0.2, 0) is 0 Å². The Hall–Kier alpha value is -1.18. The van der Waals surface area contributed by atoms with Crippen LogP contribution in [0.1, 0.15) is 0 Å². The van der Waals surface area contributed by atoms with Gasteiger partial charge in [0.25, 0.3) is 0 Å². The third-order valence-corrected chi connectivity index (χ3v) is 1.33. The van der Waals surface area contributed by atoms with E-state index in [-0.39, 0.29) is 5.75 Å². The minimum Gasteiger partial charge on any atom is -0.872 e. The average Bonchev–Trinajstić information content (AvgIpc) is 1.88. The van der Waals surface area contributed by atoms with Gasteiger partial charge >= 0.3 is 0 Å².